The first-order valence-electron chi connectivity index (χ1n) is 12.3. The van der Waals surface area contributed by atoms with Crippen LogP contribution in [0.15, 0.2) is 18.2 Å². The van der Waals surface area contributed by atoms with Crippen LogP contribution in [0.2, 0.25) is 0 Å². The maximum atomic E-state index is 10.9. The zero-order chi connectivity index (χ0) is 27.1. The number of carbonyl (C=O) groups is 2. The van der Waals surface area contributed by atoms with Crippen molar-refractivity contribution >= 4 is 29.0 Å². The molecule has 36 heavy (non-hydrogen) atoms. The van der Waals surface area contributed by atoms with E-state index < -0.39 is 52.0 Å². The Balaban J connectivity index is 0.000000370. The molecule has 2 aliphatic carbocycles. The number of nitro benzene ring substituents is 2. The zero-order valence-corrected chi connectivity index (χ0v) is 20.5. The largest absolute Gasteiger partial charge is 0.550 e. The minimum Gasteiger partial charge on any atom is -0.550 e. The van der Waals surface area contributed by atoms with E-state index in [-0.39, 0.29) is 5.69 Å². The van der Waals surface area contributed by atoms with Crippen LogP contribution >= 0.6 is 0 Å². The van der Waals surface area contributed by atoms with Gasteiger partial charge in [-0.25, -0.2) is 0 Å². The second kappa shape index (κ2) is 16.4. The third-order valence-corrected chi connectivity index (χ3v) is 6.09. The van der Waals surface area contributed by atoms with E-state index in [1.165, 1.54) is 64.2 Å². The van der Waals surface area contributed by atoms with Gasteiger partial charge in [0.1, 0.15) is 5.69 Å². The van der Waals surface area contributed by atoms with Crippen molar-refractivity contribution in [2.24, 2.45) is 0 Å². The van der Waals surface area contributed by atoms with Crippen molar-refractivity contribution in [1.82, 2.24) is 0 Å². The number of quaternary nitrogens is 2. The number of carboxylic acids is 2. The van der Waals surface area contributed by atoms with Gasteiger partial charge in [-0.1, -0.05) is 12.8 Å². The molecule has 2 fully saturated rings. The molecule has 0 heterocycles. The first-order chi connectivity index (χ1) is 17.0. The molecule has 1 atom stereocenters. The van der Waals surface area contributed by atoms with Gasteiger partial charge in [-0.3, -0.25) is 20.2 Å². The molecule has 0 amide bonds. The summed E-state index contributed by atoms with van der Waals surface area (Å²) in [5.41, 5.74) is 6.43. The van der Waals surface area contributed by atoms with E-state index in [0.717, 1.165) is 24.2 Å². The van der Waals surface area contributed by atoms with Crippen molar-refractivity contribution in [2.75, 3.05) is 5.32 Å². The van der Waals surface area contributed by atoms with E-state index in [1.807, 2.05) is 0 Å². The first kappa shape index (κ1) is 30.7. The average Bonchev–Trinajstić information content (AvgIpc) is 2.83. The molecular weight excluding hydrogens is 474 g/mol. The van der Waals surface area contributed by atoms with E-state index in [1.54, 1.807) is 0 Å². The molecule has 3 rings (SSSR count). The van der Waals surface area contributed by atoms with Crippen molar-refractivity contribution in [3.63, 3.8) is 0 Å². The van der Waals surface area contributed by atoms with Crippen LogP contribution in [0, 0.1) is 20.2 Å². The standard InChI is InChI=1S/C11H11N3O8.2C6H13N/c15-10(16)4-3-8(11(17)18)12-7-2-1-6(13(19)20)5-9(7)14(21)22;2*7-6-4-2-1-3-5-6/h1-2,5,8,12H,3-4H2,(H,15,16)(H,17,18);2*6H,1-5,7H2/t8-;;/m0../s1. The van der Waals surface area contributed by atoms with Gasteiger partial charge in [-0.15, -0.1) is 0 Å². The molecule has 0 aromatic heterocycles. The van der Waals surface area contributed by atoms with Gasteiger partial charge in [0.05, 0.1) is 40.0 Å². The van der Waals surface area contributed by atoms with Crippen molar-refractivity contribution < 1.29 is 41.1 Å². The summed E-state index contributed by atoms with van der Waals surface area (Å²) in [6.45, 7) is 0. The molecule has 2 saturated carbocycles. The Kier molecular flexibility index (Phi) is 14.0. The van der Waals surface area contributed by atoms with Crippen LogP contribution in [-0.2, 0) is 9.59 Å². The summed E-state index contributed by atoms with van der Waals surface area (Å²) in [7, 11) is 0. The lowest BCUT2D eigenvalue weighted by molar-refractivity contribution is -0.425. The van der Waals surface area contributed by atoms with E-state index in [4.69, 9.17) is 0 Å². The summed E-state index contributed by atoms with van der Waals surface area (Å²) in [4.78, 5) is 40.9. The molecule has 0 unspecified atom stereocenters. The second-order valence-corrected chi connectivity index (χ2v) is 9.15. The van der Waals surface area contributed by atoms with E-state index in [9.17, 15) is 40.0 Å². The lowest BCUT2D eigenvalue weighted by atomic mass is 9.97. The Morgan fingerprint density at radius 1 is 0.889 bits per heavy atom. The number of non-ortho nitro benzene ring substituents is 1. The van der Waals surface area contributed by atoms with Crippen LogP contribution < -0.4 is 27.0 Å². The Bertz CT molecular complexity index is 854. The Morgan fingerprint density at radius 2 is 1.39 bits per heavy atom. The number of carboxylic acid groups (broad SMARTS) is 2. The number of aliphatic carboxylic acids is 2. The highest BCUT2D eigenvalue weighted by molar-refractivity contribution is 5.78. The fraction of sp³-hybridized carbons (Fsp3) is 0.652. The molecule has 0 radical (unpaired) electrons. The van der Waals surface area contributed by atoms with Gasteiger partial charge in [0.2, 0.25) is 0 Å². The number of anilines is 1. The Hall–Kier alpha value is -3.32. The minimum atomic E-state index is -1.67. The summed E-state index contributed by atoms with van der Waals surface area (Å²) in [6, 6.07) is 2.61. The van der Waals surface area contributed by atoms with E-state index in [0.29, 0.717) is 6.07 Å². The number of hydrogen-bond acceptors (Lipinski definition) is 9. The van der Waals surface area contributed by atoms with Gasteiger partial charge in [0, 0.05) is 12.0 Å². The fourth-order valence-electron chi connectivity index (χ4n) is 3.98. The number of benzene rings is 1. The minimum absolute atomic E-state index is 0.303. The molecule has 0 saturated heterocycles. The van der Waals surface area contributed by atoms with Gasteiger partial charge in [0.15, 0.2) is 0 Å². The number of rotatable bonds is 8. The smallest absolute Gasteiger partial charge is 0.299 e. The second-order valence-electron chi connectivity index (χ2n) is 9.15. The molecule has 7 N–H and O–H groups in total. The summed E-state index contributed by atoms with van der Waals surface area (Å²) in [5.74, 6) is -3.17. The highest BCUT2D eigenvalue weighted by Crippen LogP contribution is 2.29. The molecule has 1 aromatic carbocycles. The summed E-state index contributed by atoms with van der Waals surface area (Å²) < 4.78 is 0. The predicted octanol–water partition coefficient (Wildman–Crippen LogP) is -0.314. The Labute approximate surface area is 209 Å². The summed E-state index contributed by atoms with van der Waals surface area (Å²) in [5, 5.41) is 44.9. The molecular formula is C23H37N5O8. The summed E-state index contributed by atoms with van der Waals surface area (Å²) in [6.07, 6.45) is 13.1. The normalized spacial score (nSPS) is 16.8. The summed E-state index contributed by atoms with van der Waals surface area (Å²) >= 11 is 0. The van der Waals surface area contributed by atoms with Gasteiger partial charge in [-0.2, -0.15) is 0 Å². The number of carbonyl (C=O) groups excluding carboxylic acids is 2. The molecule has 13 heteroatoms. The van der Waals surface area contributed by atoms with Crippen LogP contribution in [0.3, 0.4) is 0 Å². The molecule has 13 nitrogen and oxygen atoms in total. The van der Waals surface area contributed by atoms with Crippen molar-refractivity contribution in [3.05, 3.63) is 38.4 Å². The maximum absolute atomic E-state index is 10.9. The lowest BCUT2D eigenvalue weighted by Gasteiger charge is -2.20. The fourth-order valence-corrected chi connectivity index (χ4v) is 3.98. The van der Waals surface area contributed by atoms with Gasteiger partial charge in [0.25, 0.3) is 11.4 Å². The monoisotopic (exact) mass is 511 g/mol. The highest BCUT2D eigenvalue weighted by Gasteiger charge is 2.22. The maximum Gasteiger partial charge on any atom is 0.299 e. The van der Waals surface area contributed by atoms with Gasteiger partial charge in [-0.05, 0) is 70.3 Å². The van der Waals surface area contributed by atoms with Gasteiger partial charge >= 0.3 is 0 Å². The Morgan fingerprint density at radius 3 is 1.72 bits per heavy atom. The third kappa shape index (κ3) is 12.4. The van der Waals surface area contributed by atoms with Crippen molar-refractivity contribution in [2.45, 2.75) is 95.2 Å². The molecule has 0 aliphatic heterocycles. The van der Waals surface area contributed by atoms with Crippen molar-refractivity contribution in [3.8, 4) is 0 Å². The van der Waals surface area contributed by atoms with Crippen LogP contribution in [0.1, 0.15) is 77.0 Å². The lowest BCUT2D eigenvalue weighted by Crippen LogP contribution is -2.61. The molecule has 0 spiro atoms. The predicted molar refractivity (Wildman–Crippen MR) is 126 cm³/mol. The number of nitrogens with one attached hydrogen (secondary N) is 1. The highest BCUT2D eigenvalue weighted by atomic mass is 16.6. The molecule has 202 valence electrons. The number of nitro groups is 2. The molecule has 0 bridgehead atoms. The molecule has 2 aliphatic rings. The quantitative estimate of drug-likeness (QED) is 0.306. The number of nitrogens with zero attached hydrogens (tertiary/aromatic N) is 2. The van der Waals surface area contributed by atoms with Crippen LogP contribution in [0.25, 0.3) is 0 Å². The third-order valence-electron chi connectivity index (χ3n) is 6.09. The van der Waals surface area contributed by atoms with Crippen molar-refractivity contribution in [1.29, 1.82) is 0 Å². The van der Waals surface area contributed by atoms with E-state index >= 15 is 0 Å². The average molecular weight is 512 g/mol. The number of hydrogen-bond donors (Lipinski definition) is 3. The van der Waals surface area contributed by atoms with Crippen LogP contribution in [0.5, 0.6) is 0 Å². The zero-order valence-electron chi connectivity index (χ0n) is 20.5. The topological polar surface area (TPSA) is 234 Å². The molecule has 1 aromatic rings. The van der Waals surface area contributed by atoms with Crippen LogP contribution in [-0.4, -0.2) is 39.9 Å². The SMILES string of the molecule is O=C([O-])CC[C@H](Nc1ccc([N+](=O)[O-])cc1[N+](=O)[O-])C(=O)[O-].[NH3+]C1CCCCC1.[NH3+]C1CCCCC1. The van der Waals surface area contributed by atoms with E-state index in [2.05, 4.69) is 16.8 Å². The first-order valence-corrected chi connectivity index (χ1v) is 12.3. The van der Waals surface area contributed by atoms with Crippen LogP contribution in [0.4, 0.5) is 17.1 Å². The van der Waals surface area contributed by atoms with Gasteiger partial charge < -0.3 is 36.6 Å².